The van der Waals surface area contributed by atoms with Crippen molar-refractivity contribution in [1.29, 1.82) is 0 Å². The highest BCUT2D eigenvalue weighted by atomic mass is 16.5. The first-order valence-electron chi connectivity index (χ1n) is 8.44. The van der Waals surface area contributed by atoms with Gasteiger partial charge in [-0.05, 0) is 49.4 Å². The topological polar surface area (TPSA) is 26.3 Å². The van der Waals surface area contributed by atoms with Crippen LogP contribution in [-0.4, -0.2) is 12.1 Å². The van der Waals surface area contributed by atoms with Crippen molar-refractivity contribution < 1.29 is 9.53 Å². The lowest BCUT2D eigenvalue weighted by Gasteiger charge is -2.36. The number of carbonyl (C=O) groups excluding carboxylic acids is 1. The third-order valence-corrected chi connectivity index (χ3v) is 5.04. The molecule has 0 aromatic heterocycles. The van der Waals surface area contributed by atoms with Crippen LogP contribution in [0.2, 0.25) is 0 Å². The Labute approximate surface area is 125 Å². The van der Waals surface area contributed by atoms with Gasteiger partial charge in [-0.25, -0.2) is 0 Å². The summed E-state index contributed by atoms with van der Waals surface area (Å²) in [5, 5.41) is 0. The smallest absolute Gasteiger partial charge is 0.308 e. The normalized spacial score (nSPS) is 26.9. The van der Waals surface area contributed by atoms with Crippen LogP contribution in [0.3, 0.4) is 0 Å². The van der Waals surface area contributed by atoms with Gasteiger partial charge in [0.1, 0.15) is 6.10 Å². The third-order valence-electron chi connectivity index (χ3n) is 5.04. The lowest BCUT2D eigenvalue weighted by atomic mass is 9.72. The Balaban J connectivity index is 2.34. The molecular weight excluding hydrogens is 248 g/mol. The molecule has 0 spiro atoms. The molecule has 0 heterocycles. The van der Waals surface area contributed by atoms with Crippen molar-refractivity contribution in [1.82, 2.24) is 0 Å². The summed E-state index contributed by atoms with van der Waals surface area (Å²) in [6.45, 7) is 13.3. The fourth-order valence-corrected chi connectivity index (χ4v) is 3.19. The lowest BCUT2D eigenvalue weighted by molar-refractivity contribution is -0.156. The predicted molar refractivity (Wildman–Crippen MR) is 84.5 cm³/mol. The molecule has 0 radical (unpaired) electrons. The van der Waals surface area contributed by atoms with E-state index in [0.29, 0.717) is 11.3 Å². The number of hydrogen-bond acceptors (Lipinski definition) is 2. The molecular formula is C18H34O2. The van der Waals surface area contributed by atoms with Crippen LogP contribution < -0.4 is 0 Å². The number of hydrogen-bond donors (Lipinski definition) is 0. The van der Waals surface area contributed by atoms with Gasteiger partial charge in [-0.1, -0.05) is 48.0 Å². The Morgan fingerprint density at radius 1 is 1.15 bits per heavy atom. The van der Waals surface area contributed by atoms with Gasteiger partial charge < -0.3 is 4.74 Å². The van der Waals surface area contributed by atoms with Crippen molar-refractivity contribution >= 4 is 5.97 Å². The minimum atomic E-state index is 0.0181. The van der Waals surface area contributed by atoms with E-state index < -0.39 is 0 Å². The Hall–Kier alpha value is -0.530. The third kappa shape index (κ3) is 5.46. The van der Waals surface area contributed by atoms with E-state index >= 15 is 0 Å². The summed E-state index contributed by atoms with van der Waals surface area (Å²) < 4.78 is 5.72. The first-order chi connectivity index (χ1) is 9.24. The molecule has 1 fully saturated rings. The summed E-state index contributed by atoms with van der Waals surface area (Å²) >= 11 is 0. The molecule has 0 aromatic carbocycles. The van der Waals surface area contributed by atoms with E-state index in [4.69, 9.17) is 4.74 Å². The van der Waals surface area contributed by atoms with Gasteiger partial charge >= 0.3 is 5.97 Å². The summed E-state index contributed by atoms with van der Waals surface area (Å²) in [5.41, 5.74) is 0.388. The molecule has 0 N–H and O–H groups in total. The van der Waals surface area contributed by atoms with E-state index in [-0.39, 0.29) is 18.0 Å². The van der Waals surface area contributed by atoms with Crippen LogP contribution in [0, 0.1) is 23.2 Å². The fraction of sp³-hybridized carbons (Fsp3) is 0.944. The average molecular weight is 282 g/mol. The van der Waals surface area contributed by atoms with Crippen molar-refractivity contribution in [3.8, 4) is 0 Å². The zero-order valence-corrected chi connectivity index (χ0v) is 14.4. The van der Waals surface area contributed by atoms with E-state index in [9.17, 15) is 4.79 Å². The van der Waals surface area contributed by atoms with Crippen molar-refractivity contribution in [2.24, 2.45) is 23.2 Å². The molecule has 1 rings (SSSR count). The second kappa shape index (κ2) is 7.47. The summed E-state index contributed by atoms with van der Waals surface area (Å²) in [6.07, 6.45) is 6.73. The van der Waals surface area contributed by atoms with Gasteiger partial charge in [-0.3, -0.25) is 4.79 Å². The molecule has 118 valence electrons. The van der Waals surface area contributed by atoms with Gasteiger partial charge in [0.05, 0.1) is 5.92 Å². The lowest BCUT2D eigenvalue weighted by Crippen LogP contribution is -2.31. The van der Waals surface area contributed by atoms with E-state index in [1.807, 2.05) is 6.92 Å². The standard InChI is InChI=1S/C18H34O2/c1-7-13(2)12-14(3)17(19)20-16-10-8-15(9-11-16)18(4,5)6/h13-16H,7-12H2,1-6H3. The first-order valence-corrected chi connectivity index (χ1v) is 8.44. The molecule has 2 nitrogen and oxygen atoms in total. The van der Waals surface area contributed by atoms with Crippen LogP contribution in [0.4, 0.5) is 0 Å². The maximum Gasteiger partial charge on any atom is 0.308 e. The quantitative estimate of drug-likeness (QED) is 0.647. The molecule has 2 heteroatoms. The van der Waals surface area contributed by atoms with Gasteiger partial charge in [0.2, 0.25) is 0 Å². The molecule has 0 saturated heterocycles. The average Bonchev–Trinajstić information content (AvgIpc) is 2.38. The second-order valence-electron chi connectivity index (χ2n) is 7.93. The zero-order chi connectivity index (χ0) is 15.3. The van der Waals surface area contributed by atoms with E-state index in [1.165, 1.54) is 12.8 Å². The highest BCUT2D eigenvalue weighted by Gasteiger charge is 2.31. The van der Waals surface area contributed by atoms with Crippen LogP contribution >= 0.6 is 0 Å². The van der Waals surface area contributed by atoms with Gasteiger partial charge in [0.15, 0.2) is 0 Å². The molecule has 20 heavy (non-hydrogen) atoms. The molecule has 1 aliphatic carbocycles. The summed E-state index contributed by atoms with van der Waals surface area (Å²) in [4.78, 5) is 12.1. The molecule has 0 amide bonds. The van der Waals surface area contributed by atoms with Gasteiger partial charge in [-0.15, -0.1) is 0 Å². The Bertz CT molecular complexity index is 295. The van der Waals surface area contributed by atoms with E-state index in [1.54, 1.807) is 0 Å². The van der Waals surface area contributed by atoms with Gasteiger partial charge in [0.25, 0.3) is 0 Å². The monoisotopic (exact) mass is 282 g/mol. The minimum absolute atomic E-state index is 0.0181. The van der Waals surface area contributed by atoms with Crippen molar-refractivity contribution in [3.63, 3.8) is 0 Å². The van der Waals surface area contributed by atoms with E-state index in [2.05, 4.69) is 34.6 Å². The van der Waals surface area contributed by atoms with Crippen LogP contribution in [0.15, 0.2) is 0 Å². The highest BCUT2D eigenvalue weighted by Crippen LogP contribution is 2.38. The number of carbonyl (C=O) groups is 1. The maximum absolute atomic E-state index is 12.1. The van der Waals surface area contributed by atoms with Gasteiger partial charge in [-0.2, -0.15) is 0 Å². The summed E-state index contributed by atoms with van der Waals surface area (Å²) in [7, 11) is 0. The van der Waals surface area contributed by atoms with Crippen LogP contribution in [-0.2, 0) is 9.53 Å². The summed E-state index contributed by atoms with van der Waals surface area (Å²) in [5.74, 6) is 1.44. The molecule has 0 aliphatic heterocycles. The van der Waals surface area contributed by atoms with Crippen molar-refractivity contribution in [2.75, 3.05) is 0 Å². The molecule has 2 unspecified atom stereocenters. The first kappa shape index (κ1) is 17.5. The van der Waals surface area contributed by atoms with Crippen LogP contribution in [0.25, 0.3) is 0 Å². The van der Waals surface area contributed by atoms with Gasteiger partial charge in [0, 0.05) is 0 Å². The van der Waals surface area contributed by atoms with Crippen molar-refractivity contribution in [3.05, 3.63) is 0 Å². The Kier molecular flexibility index (Phi) is 6.54. The summed E-state index contributed by atoms with van der Waals surface area (Å²) in [6, 6.07) is 0. The number of rotatable bonds is 5. The Morgan fingerprint density at radius 3 is 2.15 bits per heavy atom. The highest BCUT2D eigenvalue weighted by molar-refractivity contribution is 5.72. The molecule has 0 aromatic rings. The number of ether oxygens (including phenoxy) is 1. The molecule has 1 aliphatic rings. The minimum Gasteiger partial charge on any atom is -0.462 e. The second-order valence-corrected chi connectivity index (χ2v) is 7.93. The van der Waals surface area contributed by atoms with Crippen LogP contribution in [0.5, 0.6) is 0 Å². The fourth-order valence-electron chi connectivity index (χ4n) is 3.19. The van der Waals surface area contributed by atoms with Crippen molar-refractivity contribution in [2.45, 2.75) is 86.2 Å². The molecule has 2 atom stereocenters. The zero-order valence-electron chi connectivity index (χ0n) is 14.4. The predicted octanol–water partition coefficient (Wildman–Crippen LogP) is 5.21. The maximum atomic E-state index is 12.1. The number of esters is 1. The SMILES string of the molecule is CCC(C)CC(C)C(=O)OC1CCC(C(C)(C)C)CC1. The van der Waals surface area contributed by atoms with E-state index in [0.717, 1.165) is 31.6 Å². The largest absolute Gasteiger partial charge is 0.462 e. The Morgan fingerprint density at radius 2 is 1.70 bits per heavy atom. The molecule has 1 saturated carbocycles. The van der Waals surface area contributed by atoms with Crippen LogP contribution in [0.1, 0.15) is 80.1 Å². The molecule has 0 bridgehead atoms.